The molecule has 0 aliphatic heterocycles. The van der Waals surface area contributed by atoms with Gasteiger partial charge in [-0.2, -0.15) is 13.2 Å². The molecule has 0 aromatic carbocycles. The van der Waals surface area contributed by atoms with Crippen LogP contribution in [-0.2, 0) is 0 Å². The summed E-state index contributed by atoms with van der Waals surface area (Å²) in [6.45, 7) is 0.432. The standard InChI is InChI=1S/C10H19F3O3/c1-2-3-4-5-6-8(15)9(16,7-14)10(11,12)13/h8,14-16H,2-7H2,1H3/t8-,9-/m0/s1. The summed E-state index contributed by atoms with van der Waals surface area (Å²) in [5, 5.41) is 27.0. The predicted octanol–water partition coefficient (Wildman–Crippen LogP) is 1.60. The average Bonchev–Trinajstić information content (AvgIpc) is 2.21. The van der Waals surface area contributed by atoms with E-state index in [1.165, 1.54) is 0 Å². The van der Waals surface area contributed by atoms with Crippen LogP contribution in [-0.4, -0.2) is 39.8 Å². The molecular formula is C10H19F3O3. The number of hydrogen-bond donors (Lipinski definition) is 3. The maximum Gasteiger partial charge on any atom is 0.422 e. The van der Waals surface area contributed by atoms with Crippen molar-refractivity contribution in [2.45, 2.75) is 56.9 Å². The summed E-state index contributed by atoms with van der Waals surface area (Å²) < 4.78 is 37.1. The van der Waals surface area contributed by atoms with Gasteiger partial charge in [-0.25, -0.2) is 0 Å². The van der Waals surface area contributed by atoms with Crippen molar-refractivity contribution in [2.24, 2.45) is 0 Å². The Hall–Kier alpha value is -0.330. The quantitative estimate of drug-likeness (QED) is 0.596. The molecule has 0 aliphatic carbocycles. The van der Waals surface area contributed by atoms with Crippen LogP contribution >= 0.6 is 0 Å². The fourth-order valence-corrected chi connectivity index (χ4v) is 1.39. The zero-order valence-corrected chi connectivity index (χ0v) is 9.30. The van der Waals surface area contributed by atoms with Crippen LogP contribution in [0.3, 0.4) is 0 Å². The number of alkyl halides is 3. The van der Waals surface area contributed by atoms with Crippen molar-refractivity contribution in [3.8, 4) is 0 Å². The lowest BCUT2D eigenvalue weighted by Crippen LogP contribution is -2.57. The van der Waals surface area contributed by atoms with Crippen molar-refractivity contribution in [1.29, 1.82) is 0 Å². The molecule has 0 aromatic heterocycles. The molecule has 0 rings (SSSR count). The minimum absolute atomic E-state index is 0.170. The third kappa shape index (κ3) is 3.92. The molecule has 0 aliphatic rings. The Bertz CT molecular complexity index is 196. The van der Waals surface area contributed by atoms with Crippen LogP contribution in [0.15, 0.2) is 0 Å². The molecule has 0 heterocycles. The first-order chi connectivity index (χ1) is 7.29. The van der Waals surface area contributed by atoms with E-state index in [4.69, 9.17) is 10.2 Å². The van der Waals surface area contributed by atoms with E-state index < -0.39 is 24.5 Å². The number of aliphatic hydroxyl groups excluding tert-OH is 2. The minimum atomic E-state index is -5.02. The number of unbranched alkanes of at least 4 members (excludes halogenated alkanes) is 3. The Morgan fingerprint density at radius 3 is 2.06 bits per heavy atom. The molecule has 0 saturated heterocycles. The zero-order valence-electron chi connectivity index (χ0n) is 9.30. The predicted molar refractivity (Wildman–Crippen MR) is 52.9 cm³/mol. The highest BCUT2D eigenvalue weighted by Crippen LogP contribution is 2.34. The van der Waals surface area contributed by atoms with Crippen LogP contribution in [0.4, 0.5) is 13.2 Å². The van der Waals surface area contributed by atoms with Crippen molar-refractivity contribution in [3.05, 3.63) is 0 Å². The van der Waals surface area contributed by atoms with E-state index in [2.05, 4.69) is 0 Å². The van der Waals surface area contributed by atoms with E-state index in [1.807, 2.05) is 6.92 Å². The first-order valence-corrected chi connectivity index (χ1v) is 5.37. The molecule has 0 aromatic rings. The second-order valence-electron chi connectivity index (χ2n) is 3.95. The SMILES string of the molecule is CCCCCC[C@H](O)[C@@](O)(CO)C(F)(F)F. The summed E-state index contributed by atoms with van der Waals surface area (Å²) in [5.74, 6) is 0. The first kappa shape index (κ1) is 15.7. The van der Waals surface area contributed by atoms with Crippen LogP contribution in [0.25, 0.3) is 0 Å². The van der Waals surface area contributed by atoms with E-state index in [0.717, 1.165) is 12.8 Å². The van der Waals surface area contributed by atoms with Gasteiger partial charge in [-0.3, -0.25) is 0 Å². The molecule has 0 spiro atoms. The lowest BCUT2D eigenvalue weighted by atomic mass is 9.92. The van der Waals surface area contributed by atoms with Gasteiger partial charge in [0.05, 0.1) is 12.7 Å². The van der Waals surface area contributed by atoms with Gasteiger partial charge >= 0.3 is 6.18 Å². The van der Waals surface area contributed by atoms with Gasteiger partial charge in [-0.05, 0) is 6.42 Å². The van der Waals surface area contributed by atoms with E-state index >= 15 is 0 Å². The van der Waals surface area contributed by atoms with Crippen LogP contribution in [0.1, 0.15) is 39.0 Å². The van der Waals surface area contributed by atoms with Gasteiger partial charge in [0.2, 0.25) is 5.60 Å². The highest BCUT2D eigenvalue weighted by atomic mass is 19.4. The summed E-state index contributed by atoms with van der Waals surface area (Å²) in [5.41, 5.74) is -3.40. The molecule has 0 bridgehead atoms. The molecule has 16 heavy (non-hydrogen) atoms. The number of halogens is 3. The molecule has 3 N–H and O–H groups in total. The maximum atomic E-state index is 12.4. The van der Waals surface area contributed by atoms with Crippen LogP contribution < -0.4 is 0 Å². The zero-order chi connectivity index (χ0) is 12.8. The molecule has 0 unspecified atom stereocenters. The molecular weight excluding hydrogens is 225 g/mol. The Morgan fingerprint density at radius 2 is 1.69 bits per heavy atom. The topological polar surface area (TPSA) is 60.7 Å². The van der Waals surface area contributed by atoms with Gasteiger partial charge in [0.1, 0.15) is 0 Å². The van der Waals surface area contributed by atoms with Crippen LogP contribution in [0, 0.1) is 0 Å². The number of rotatable bonds is 7. The highest BCUT2D eigenvalue weighted by Gasteiger charge is 2.57. The van der Waals surface area contributed by atoms with E-state index in [1.54, 1.807) is 0 Å². The van der Waals surface area contributed by atoms with Crippen LogP contribution in [0.2, 0.25) is 0 Å². The van der Waals surface area contributed by atoms with E-state index in [-0.39, 0.29) is 6.42 Å². The lowest BCUT2D eigenvalue weighted by Gasteiger charge is -2.32. The van der Waals surface area contributed by atoms with Crippen molar-refractivity contribution in [3.63, 3.8) is 0 Å². The maximum absolute atomic E-state index is 12.4. The molecule has 3 nitrogen and oxygen atoms in total. The Kier molecular flexibility index (Phi) is 6.28. The average molecular weight is 244 g/mol. The van der Waals surface area contributed by atoms with Crippen LogP contribution in [0.5, 0.6) is 0 Å². The molecule has 0 saturated carbocycles. The number of hydrogen-bond acceptors (Lipinski definition) is 3. The third-order valence-electron chi connectivity index (χ3n) is 2.61. The molecule has 6 heteroatoms. The summed E-state index contributed by atoms with van der Waals surface area (Å²) in [7, 11) is 0. The molecule has 0 amide bonds. The third-order valence-corrected chi connectivity index (χ3v) is 2.61. The van der Waals surface area contributed by atoms with Crippen molar-refractivity contribution in [1.82, 2.24) is 0 Å². The second kappa shape index (κ2) is 6.42. The molecule has 98 valence electrons. The summed E-state index contributed by atoms with van der Waals surface area (Å²) in [6, 6.07) is 0. The first-order valence-electron chi connectivity index (χ1n) is 5.37. The molecule has 0 fully saturated rings. The fourth-order valence-electron chi connectivity index (χ4n) is 1.39. The summed E-state index contributed by atoms with van der Waals surface area (Å²) in [4.78, 5) is 0. The molecule has 0 radical (unpaired) electrons. The van der Waals surface area contributed by atoms with E-state index in [9.17, 15) is 18.3 Å². The second-order valence-corrected chi connectivity index (χ2v) is 3.95. The van der Waals surface area contributed by atoms with Gasteiger partial charge in [0.25, 0.3) is 0 Å². The largest absolute Gasteiger partial charge is 0.422 e. The normalized spacial score (nSPS) is 18.2. The Balaban J connectivity index is 4.26. The fraction of sp³-hybridized carbons (Fsp3) is 1.00. The highest BCUT2D eigenvalue weighted by molar-refractivity contribution is 4.92. The molecule has 2 atom stereocenters. The number of aliphatic hydroxyl groups is 3. The van der Waals surface area contributed by atoms with Gasteiger partial charge in [-0.15, -0.1) is 0 Å². The van der Waals surface area contributed by atoms with Gasteiger partial charge in [0, 0.05) is 0 Å². The van der Waals surface area contributed by atoms with Gasteiger partial charge < -0.3 is 15.3 Å². The van der Waals surface area contributed by atoms with Crippen molar-refractivity contribution < 1.29 is 28.5 Å². The summed E-state index contributed by atoms with van der Waals surface area (Å²) >= 11 is 0. The lowest BCUT2D eigenvalue weighted by molar-refractivity contribution is -0.301. The Labute approximate surface area is 92.9 Å². The smallest absolute Gasteiger partial charge is 0.393 e. The van der Waals surface area contributed by atoms with Crippen molar-refractivity contribution >= 4 is 0 Å². The van der Waals surface area contributed by atoms with E-state index in [0.29, 0.717) is 12.8 Å². The monoisotopic (exact) mass is 244 g/mol. The van der Waals surface area contributed by atoms with Gasteiger partial charge in [0.15, 0.2) is 0 Å². The van der Waals surface area contributed by atoms with Gasteiger partial charge in [-0.1, -0.05) is 32.6 Å². The Morgan fingerprint density at radius 1 is 1.12 bits per heavy atom. The minimum Gasteiger partial charge on any atom is -0.393 e. The summed E-state index contributed by atoms with van der Waals surface area (Å²) in [6.07, 6.45) is -4.27. The van der Waals surface area contributed by atoms with Crippen molar-refractivity contribution in [2.75, 3.05) is 6.61 Å².